The summed E-state index contributed by atoms with van der Waals surface area (Å²) < 4.78 is 0. The van der Waals surface area contributed by atoms with Gasteiger partial charge in [0.15, 0.2) is 6.04 Å². The fraction of sp³-hybridized carbons (Fsp3) is 0.500. The number of nitrogens with one attached hydrogen (secondary N) is 7. The van der Waals surface area contributed by atoms with Gasteiger partial charge in [0.05, 0.1) is 31.3 Å². The number of phenolic OH excluding ortho intramolecular Hbond substituents is 1. The van der Waals surface area contributed by atoms with E-state index >= 15 is 0 Å². The molecule has 77 heavy (non-hydrogen) atoms. The highest BCUT2D eigenvalue weighted by Crippen LogP contribution is 2.20. The highest BCUT2D eigenvalue weighted by Gasteiger charge is 2.41. The monoisotopic (exact) mass is 1090 g/mol. The SMILES string of the molecule is C[C@@H](O)[C@H](NC(=O)[C@H](Cc1ccccc1)NC(=O)[C@@H]1CCCN1C(=O)[C@H](CO)NC(=O)[C@@H](NC(=O)[C@H](Cc1ccc(O)cc1)NC(=O)[C@H](CC(=O)O)NC(=O)[C@H](CCC(N)=O)NC(=O)[C@@H](N)CCC(N)=O)[C@@H](C)O)C(=O)O. The van der Waals surface area contributed by atoms with Gasteiger partial charge in [-0.3, -0.25) is 52.7 Å². The molecule has 3 rings (SSSR count). The predicted molar refractivity (Wildman–Crippen MR) is 265 cm³/mol. The molecule has 0 aromatic heterocycles. The molecule has 2 aromatic carbocycles. The summed E-state index contributed by atoms with van der Waals surface area (Å²) >= 11 is 0. The van der Waals surface area contributed by atoms with Gasteiger partial charge in [0.2, 0.25) is 59.1 Å². The molecule has 2 aromatic rings. The maximum Gasteiger partial charge on any atom is 0.328 e. The Labute approximate surface area is 440 Å². The van der Waals surface area contributed by atoms with Crippen LogP contribution in [0.5, 0.6) is 5.75 Å². The number of rotatable bonds is 31. The number of nitrogens with two attached hydrogens (primary N) is 3. The number of carbonyl (C=O) groups is 12. The predicted octanol–water partition coefficient (Wildman–Crippen LogP) is -6.27. The number of hydrogen-bond acceptors (Lipinski definition) is 17. The van der Waals surface area contributed by atoms with Gasteiger partial charge >= 0.3 is 11.9 Å². The van der Waals surface area contributed by atoms with Crippen molar-refractivity contribution in [3.05, 3.63) is 65.7 Å². The highest BCUT2D eigenvalue weighted by atomic mass is 16.4. The minimum atomic E-state index is -2.01. The smallest absolute Gasteiger partial charge is 0.328 e. The molecule has 1 saturated heterocycles. The molecule has 11 atom stereocenters. The van der Waals surface area contributed by atoms with Crippen LogP contribution in [-0.4, -0.2) is 186 Å². The first kappa shape index (κ1) is 63.0. The largest absolute Gasteiger partial charge is 0.508 e. The van der Waals surface area contributed by atoms with E-state index in [1.807, 2.05) is 0 Å². The second-order valence-electron chi connectivity index (χ2n) is 18.2. The summed E-state index contributed by atoms with van der Waals surface area (Å²) in [5, 5.41) is 76.3. The molecule has 422 valence electrons. The fourth-order valence-corrected chi connectivity index (χ4v) is 7.85. The van der Waals surface area contributed by atoms with E-state index in [0.29, 0.717) is 5.56 Å². The van der Waals surface area contributed by atoms with Crippen LogP contribution in [0, 0.1) is 0 Å². The van der Waals surface area contributed by atoms with E-state index < -0.39 is 170 Å². The van der Waals surface area contributed by atoms with Crippen LogP contribution in [0.15, 0.2) is 54.6 Å². The van der Waals surface area contributed by atoms with Gasteiger partial charge in [-0.05, 0) is 62.8 Å². The third-order valence-electron chi connectivity index (χ3n) is 12.0. The number of carboxylic acid groups (broad SMARTS) is 2. The van der Waals surface area contributed by atoms with Crippen molar-refractivity contribution in [1.82, 2.24) is 42.1 Å². The lowest BCUT2D eigenvalue weighted by Gasteiger charge is -2.31. The number of amides is 10. The Morgan fingerprint density at radius 2 is 1.08 bits per heavy atom. The van der Waals surface area contributed by atoms with E-state index in [1.54, 1.807) is 30.3 Å². The third kappa shape index (κ3) is 20.4. The van der Waals surface area contributed by atoms with Gasteiger partial charge in [-0.2, -0.15) is 0 Å². The number of phenols is 1. The Hall–Kier alpha value is -8.28. The lowest BCUT2D eigenvalue weighted by atomic mass is 10.0. The molecule has 1 aliphatic rings. The number of carboxylic acids is 2. The van der Waals surface area contributed by atoms with Crippen molar-refractivity contribution >= 4 is 71.0 Å². The first-order valence-corrected chi connectivity index (χ1v) is 24.2. The number of aliphatic hydroxyl groups excluding tert-OH is 3. The van der Waals surface area contributed by atoms with E-state index in [9.17, 15) is 88.2 Å². The first-order valence-electron chi connectivity index (χ1n) is 24.2. The Morgan fingerprint density at radius 3 is 1.61 bits per heavy atom. The van der Waals surface area contributed by atoms with Crippen molar-refractivity contribution in [2.75, 3.05) is 13.2 Å². The molecule has 29 heteroatoms. The second-order valence-corrected chi connectivity index (χ2v) is 18.2. The maximum absolute atomic E-state index is 14.1. The number of carbonyl (C=O) groups excluding carboxylic acids is 10. The average Bonchev–Trinajstić information content (AvgIpc) is 3.87. The van der Waals surface area contributed by atoms with Crippen LogP contribution < -0.4 is 54.4 Å². The van der Waals surface area contributed by atoms with Gasteiger partial charge < -0.3 is 90.0 Å². The van der Waals surface area contributed by atoms with E-state index in [4.69, 9.17) is 17.2 Å². The van der Waals surface area contributed by atoms with Crippen molar-refractivity contribution in [2.24, 2.45) is 17.2 Å². The van der Waals surface area contributed by atoms with Crippen LogP contribution in [0.4, 0.5) is 0 Å². The molecule has 19 N–H and O–H groups in total. The molecule has 1 heterocycles. The number of benzene rings is 2. The molecule has 1 fully saturated rings. The molecule has 29 nitrogen and oxygen atoms in total. The van der Waals surface area contributed by atoms with Gasteiger partial charge in [0.1, 0.15) is 48.0 Å². The van der Waals surface area contributed by atoms with E-state index in [-0.39, 0.29) is 50.0 Å². The summed E-state index contributed by atoms with van der Waals surface area (Å²) in [6.45, 7) is 1.03. The average molecular weight is 1090 g/mol. The summed E-state index contributed by atoms with van der Waals surface area (Å²) in [4.78, 5) is 157. The topological polar surface area (TPSA) is 492 Å². The van der Waals surface area contributed by atoms with E-state index in [1.165, 1.54) is 24.3 Å². The molecular weight excluding hydrogens is 1020 g/mol. The van der Waals surface area contributed by atoms with Crippen LogP contribution in [0.1, 0.15) is 69.9 Å². The lowest BCUT2D eigenvalue weighted by molar-refractivity contribution is -0.146. The molecule has 0 radical (unpaired) electrons. The van der Waals surface area contributed by atoms with Crippen LogP contribution in [0.2, 0.25) is 0 Å². The van der Waals surface area contributed by atoms with Crippen molar-refractivity contribution in [2.45, 2.75) is 138 Å². The van der Waals surface area contributed by atoms with E-state index in [2.05, 4.69) is 37.2 Å². The minimum Gasteiger partial charge on any atom is -0.508 e. The standard InChI is InChI=1S/C48H67N11O18/c1-23(61)38(46(74)56-33(22-60)47(75)59-18-6-9-34(59)45(73)55-31(19-25-7-4-3-5-8-25)44(72)58-39(24(2)62)48(76)77)57-43(71)30(20-26-10-12-27(63)13-11-26)53-42(70)32(21-37(66)67)54-41(69)29(15-17-36(51)65)52-40(68)28(49)14-16-35(50)64/h3-5,7-8,10-13,23-24,28-34,38-39,60-63H,6,9,14-22,49H2,1-2H3,(H2,50,64)(H2,51,65)(H,52,68)(H,53,70)(H,54,69)(H,55,73)(H,56,74)(H,57,71)(H,58,72)(H,66,67)(H,76,77)/t23-,24-,28+,29+,30+,31+,32+,33+,34+,38+,39+/m1/s1. The summed E-state index contributed by atoms with van der Waals surface area (Å²) in [6, 6.07) is -1.66. The number of aliphatic hydroxyl groups is 3. The molecular formula is C48H67N11O18. The van der Waals surface area contributed by atoms with Crippen molar-refractivity contribution in [1.29, 1.82) is 0 Å². The molecule has 0 saturated carbocycles. The number of nitrogens with zero attached hydrogens (tertiary/aromatic N) is 1. The summed E-state index contributed by atoms with van der Waals surface area (Å²) in [5.74, 6) is -13.9. The van der Waals surface area contributed by atoms with Gasteiger partial charge in [-0.15, -0.1) is 0 Å². The molecule has 0 aliphatic carbocycles. The van der Waals surface area contributed by atoms with Crippen molar-refractivity contribution in [3.63, 3.8) is 0 Å². The van der Waals surface area contributed by atoms with Crippen LogP contribution in [0.3, 0.4) is 0 Å². The summed E-state index contributed by atoms with van der Waals surface area (Å²) in [5.41, 5.74) is 17.0. The maximum atomic E-state index is 14.1. The van der Waals surface area contributed by atoms with Gasteiger partial charge in [0.25, 0.3) is 0 Å². The van der Waals surface area contributed by atoms with E-state index in [0.717, 1.165) is 18.7 Å². The Bertz CT molecular complexity index is 2440. The zero-order chi connectivity index (χ0) is 57.7. The van der Waals surface area contributed by atoms with Gasteiger partial charge in [-0.25, -0.2) is 4.79 Å². The Kier molecular flexibility index (Phi) is 24.8. The Balaban J connectivity index is 1.86. The zero-order valence-corrected chi connectivity index (χ0v) is 42.1. The zero-order valence-electron chi connectivity index (χ0n) is 42.1. The summed E-state index contributed by atoms with van der Waals surface area (Å²) in [7, 11) is 0. The molecule has 10 amide bonds. The first-order chi connectivity index (χ1) is 36.2. The number of hydrogen-bond donors (Lipinski definition) is 16. The van der Waals surface area contributed by atoms with Gasteiger partial charge in [0, 0.05) is 32.2 Å². The number of aliphatic carboxylic acids is 2. The molecule has 0 bridgehead atoms. The van der Waals surface area contributed by atoms with Gasteiger partial charge in [-0.1, -0.05) is 42.5 Å². The second kappa shape index (κ2) is 30.3. The quantitative estimate of drug-likeness (QED) is 0.0334. The van der Waals surface area contributed by atoms with Crippen molar-refractivity contribution < 1.29 is 88.2 Å². The van der Waals surface area contributed by atoms with Crippen LogP contribution in [-0.2, 0) is 70.4 Å². The molecule has 0 spiro atoms. The number of primary amides is 2. The Morgan fingerprint density at radius 1 is 0.597 bits per heavy atom. The molecule has 1 aliphatic heterocycles. The summed E-state index contributed by atoms with van der Waals surface area (Å²) in [6.07, 6.45) is -6.29. The third-order valence-corrected chi connectivity index (χ3v) is 12.0. The van der Waals surface area contributed by atoms with Crippen LogP contribution in [0.25, 0.3) is 0 Å². The lowest BCUT2D eigenvalue weighted by Crippen LogP contribution is -2.62. The number of aromatic hydroxyl groups is 1. The highest BCUT2D eigenvalue weighted by molar-refractivity contribution is 5.99. The minimum absolute atomic E-state index is 0.0348. The van der Waals surface area contributed by atoms with Crippen molar-refractivity contribution in [3.8, 4) is 5.75 Å². The normalized spacial score (nSPS) is 16.9. The fourth-order valence-electron chi connectivity index (χ4n) is 7.85. The molecule has 0 unspecified atom stereocenters. The number of likely N-dealkylation sites (tertiary alicyclic amines) is 1. The van der Waals surface area contributed by atoms with Crippen LogP contribution >= 0.6 is 0 Å².